The first-order chi connectivity index (χ1) is 16.4. The van der Waals surface area contributed by atoms with E-state index in [1.54, 1.807) is 36.4 Å². The minimum absolute atomic E-state index is 0.0225. The third-order valence-corrected chi connectivity index (χ3v) is 5.07. The molecule has 176 valence electrons. The molecule has 2 amide bonds. The van der Waals surface area contributed by atoms with Gasteiger partial charge in [-0.05, 0) is 28.8 Å². The van der Waals surface area contributed by atoms with Gasteiger partial charge in [-0.2, -0.15) is 0 Å². The molecule has 0 spiro atoms. The van der Waals surface area contributed by atoms with Crippen LogP contribution in [0.3, 0.4) is 0 Å². The fourth-order valence-electron chi connectivity index (χ4n) is 3.29. The second-order valence-corrected chi connectivity index (χ2v) is 7.68. The lowest BCUT2D eigenvalue weighted by Gasteiger charge is -2.21. The van der Waals surface area contributed by atoms with Crippen molar-refractivity contribution in [3.05, 3.63) is 107 Å². The van der Waals surface area contributed by atoms with E-state index in [9.17, 15) is 23.9 Å². The summed E-state index contributed by atoms with van der Waals surface area (Å²) in [6, 6.07) is 21.1. The number of nitrogens with one attached hydrogen (secondary N) is 2. The molecule has 34 heavy (non-hydrogen) atoms. The van der Waals surface area contributed by atoms with Crippen molar-refractivity contribution in [2.45, 2.75) is 31.5 Å². The molecule has 0 aliphatic carbocycles. The van der Waals surface area contributed by atoms with E-state index in [2.05, 4.69) is 10.6 Å². The summed E-state index contributed by atoms with van der Waals surface area (Å²) in [6.07, 6.45) is -0.709. The summed E-state index contributed by atoms with van der Waals surface area (Å²) in [7, 11) is 0. The van der Waals surface area contributed by atoms with Gasteiger partial charge in [0.25, 0.3) is 0 Å². The van der Waals surface area contributed by atoms with Gasteiger partial charge in [-0.25, -0.2) is 14.0 Å². The minimum atomic E-state index is -1.27. The maximum absolute atomic E-state index is 13.2. The number of alkyl carbamates (subject to hydrolysis) is 1. The van der Waals surface area contributed by atoms with Crippen LogP contribution in [0.2, 0.25) is 0 Å². The summed E-state index contributed by atoms with van der Waals surface area (Å²) in [5.74, 6) is -2.36. The maximum atomic E-state index is 13.2. The average Bonchev–Trinajstić information content (AvgIpc) is 2.84. The van der Waals surface area contributed by atoms with Crippen LogP contribution in [-0.2, 0) is 33.8 Å². The summed E-state index contributed by atoms with van der Waals surface area (Å²) < 4.78 is 18.4. The average molecular weight is 464 g/mol. The molecule has 0 unspecified atom stereocenters. The number of benzene rings is 3. The van der Waals surface area contributed by atoms with Crippen LogP contribution in [0.15, 0.2) is 84.9 Å². The van der Waals surface area contributed by atoms with Crippen LogP contribution in [0.1, 0.15) is 16.7 Å². The smallest absolute Gasteiger partial charge is 0.408 e. The number of hydrogen-bond acceptors (Lipinski definition) is 4. The largest absolute Gasteiger partial charge is 0.480 e. The molecule has 0 radical (unpaired) electrons. The Bertz CT molecular complexity index is 1090. The third kappa shape index (κ3) is 7.74. The Kier molecular flexibility index (Phi) is 8.73. The second kappa shape index (κ2) is 12.2. The van der Waals surface area contributed by atoms with Gasteiger partial charge in [-0.3, -0.25) is 4.79 Å². The Balaban J connectivity index is 1.68. The molecule has 3 aromatic carbocycles. The van der Waals surface area contributed by atoms with Crippen molar-refractivity contribution in [3.63, 3.8) is 0 Å². The molecule has 3 aromatic rings. The Hall–Kier alpha value is -4.20. The van der Waals surface area contributed by atoms with Gasteiger partial charge in [-0.1, -0.05) is 72.8 Å². The SMILES string of the molecule is O=C(N[C@@H](Cc1ccccc1)C(=O)N[C@@H](Cc1ccc(F)cc1)C(=O)O)OCc1ccccc1. The van der Waals surface area contributed by atoms with Crippen LogP contribution in [-0.4, -0.2) is 35.2 Å². The zero-order chi connectivity index (χ0) is 24.3. The predicted octanol–water partition coefficient (Wildman–Crippen LogP) is 3.48. The maximum Gasteiger partial charge on any atom is 0.408 e. The summed E-state index contributed by atoms with van der Waals surface area (Å²) in [5.41, 5.74) is 2.10. The Morgan fingerprint density at radius 1 is 0.735 bits per heavy atom. The van der Waals surface area contributed by atoms with E-state index in [0.717, 1.165) is 11.1 Å². The summed E-state index contributed by atoms with van der Waals surface area (Å²) >= 11 is 0. The first-order valence-electron chi connectivity index (χ1n) is 10.7. The number of halogens is 1. The van der Waals surface area contributed by atoms with E-state index in [0.29, 0.717) is 5.56 Å². The highest BCUT2D eigenvalue weighted by Crippen LogP contribution is 2.09. The number of carbonyl (C=O) groups excluding carboxylic acids is 2. The second-order valence-electron chi connectivity index (χ2n) is 7.68. The van der Waals surface area contributed by atoms with Gasteiger partial charge >= 0.3 is 12.1 Å². The fourth-order valence-corrected chi connectivity index (χ4v) is 3.29. The van der Waals surface area contributed by atoms with Crippen LogP contribution in [0.25, 0.3) is 0 Å². The molecule has 3 rings (SSSR count). The molecule has 0 fully saturated rings. The van der Waals surface area contributed by atoms with Gasteiger partial charge in [0, 0.05) is 12.8 Å². The third-order valence-electron chi connectivity index (χ3n) is 5.07. The van der Waals surface area contributed by atoms with E-state index in [1.165, 1.54) is 24.3 Å². The quantitative estimate of drug-likeness (QED) is 0.426. The van der Waals surface area contributed by atoms with Crippen molar-refractivity contribution in [2.75, 3.05) is 0 Å². The predicted molar refractivity (Wildman–Crippen MR) is 123 cm³/mol. The lowest BCUT2D eigenvalue weighted by Crippen LogP contribution is -2.53. The summed E-state index contributed by atoms with van der Waals surface area (Å²) in [6.45, 7) is 0.0225. The molecule has 0 heterocycles. The van der Waals surface area contributed by atoms with E-state index in [1.807, 2.05) is 24.3 Å². The molecule has 0 bridgehead atoms. The zero-order valence-corrected chi connectivity index (χ0v) is 18.3. The van der Waals surface area contributed by atoms with Gasteiger partial charge < -0.3 is 20.5 Å². The molecular weight excluding hydrogens is 439 g/mol. The zero-order valence-electron chi connectivity index (χ0n) is 18.3. The molecule has 7 nitrogen and oxygen atoms in total. The number of rotatable bonds is 10. The molecule has 0 saturated heterocycles. The Labute approximate surface area is 196 Å². The van der Waals surface area contributed by atoms with Gasteiger partial charge in [0.05, 0.1) is 0 Å². The number of aliphatic carboxylic acids is 1. The monoisotopic (exact) mass is 464 g/mol. The van der Waals surface area contributed by atoms with Crippen LogP contribution >= 0.6 is 0 Å². The van der Waals surface area contributed by atoms with E-state index in [-0.39, 0.29) is 19.4 Å². The van der Waals surface area contributed by atoms with Gasteiger partial charge in [-0.15, -0.1) is 0 Å². The number of ether oxygens (including phenoxy) is 1. The Morgan fingerprint density at radius 2 is 1.26 bits per heavy atom. The highest BCUT2D eigenvalue weighted by Gasteiger charge is 2.27. The molecule has 0 aliphatic rings. The Morgan fingerprint density at radius 3 is 1.85 bits per heavy atom. The summed E-state index contributed by atoms with van der Waals surface area (Å²) in [5, 5.41) is 14.6. The van der Waals surface area contributed by atoms with E-state index >= 15 is 0 Å². The van der Waals surface area contributed by atoms with Crippen molar-refractivity contribution in [3.8, 4) is 0 Å². The van der Waals surface area contributed by atoms with Crippen molar-refractivity contribution >= 4 is 18.0 Å². The standard InChI is InChI=1S/C26H25FN2O5/c27-21-13-11-19(12-14-21)16-23(25(31)32)28-24(30)22(15-18-7-3-1-4-8-18)29-26(33)34-17-20-9-5-2-6-10-20/h1-14,22-23H,15-17H2,(H,28,30)(H,29,33)(H,31,32)/t22-,23-/m0/s1. The van der Waals surface area contributed by atoms with Crippen LogP contribution in [0.4, 0.5) is 9.18 Å². The van der Waals surface area contributed by atoms with Crippen LogP contribution in [0, 0.1) is 5.82 Å². The molecule has 8 heteroatoms. The fraction of sp³-hybridized carbons (Fsp3) is 0.192. The van der Waals surface area contributed by atoms with Crippen molar-refractivity contribution < 1.29 is 28.6 Å². The molecule has 0 aliphatic heterocycles. The highest BCUT2D eigenvalue weighted by molar-refractivity contribution is 5.89. The number of hydrogen-bond donors (Lipinski definition) is 3. The van der Waals surface area contributed by atoms with Gasteiger partial charge in [0.1, 0.15) is 24.5 Å². The van der Waals surface area contributed by atoms with Gasteiger partial charge in [0.2, 0.25) is 5.91 Å². The number of amides is 2. The van der Waals surface area contributed by atoms with Gasteiger partial charge in [0.15, 0.2) is 0 Å². The van der Waals surface area contributed by atoms with E-state index in [4.69, 9.17) is 4.74 Å². The normalized spacial score (nSPS) is 12.3. The van der Waals surface area contributed by atoms with E-state index < -0.39 is 35.9 Å². The summed E-state index contributed by atoms with van der Waals surface area (Å²) in [4.78, 5) is 37.2. The minimum Gasteiger partial charge on any atom is -0.480 e. The molecule has 3 N–H and O–H groups in total. The lowest BCUT2D eigenvalue weighted by molar-refractivity contribution is -0.142. The first-order valence-corrected chi connectivity index (χ1v) is 10.7. The topological polar surface area (TPSA) is 105 Å². The number of carboxylic acids is 1. The molecule has 0 saturated carbocycles. The van der Waals surface area contributed by atoms with Crippen molar-refractivity contribution in [1.29, 1.82) is 0 Å². The molecule has 0 aromatic heterocycles. The van der Waals surface area contributed by atoms with Crippen LogP contribution < -0.4 is 10.6 Å². The van der Waals surface area contributed by atoms with Crippen molar-refractivity contribution in [1.82, 2.24) is 10.6 Å². The highest BCUT2D eigenvalue weighted by atomic mass is 19.1. The number of carboxylic acid groups (broad SMARTS) is 1. The first kappa shape index (κ1) is 24.4. The van der Waals surface area contributed by atoms with Crippen molar-refractivity contribution in [2.24, 2.45) is 0 Å². The number of carbonyl (C=O) groups is 3. The molecular formula is C26H25FN2O5. The lowest BCUT2D eigenvalue weighted by atomic mass is 10.0. The molecule has 2 atom stereocenters. The van der Waals surface area contributed by atoms with Crippen LogP contribution in [0.5, 0.6) is 0 Å².